The second-order valence-corrected chi connectivity index (χ2v) is 7.49. The molecule has 4 rings (SSSR count). The van der Waals surface area contributed by atoms with E-state index in [9.17, 15) is 35.4 Å². The van der Waals surface area contributed by atoms with Gasteiger partial charge in [0.15, 0.2) is 16.9 Å². The van der Waals surface area contributed by atoms with Crippen LogP contribution < -0.4 is 14.9 Å². The monoisotopic (exact) mass is 462 g/mol. The fourth-order valence-corrected chi connectivity index (χ4v) is 3.60. The van der Waals surface area contributed by atoms with Crippen molar-refractivity contribution >= 4 is 11.0 Å². The molecule has 0 saturated carbocycles. The Balaban J connectivity index is 1.71. The van der Waals surface area contributed by atoms with Crippen molar-refractivity contribution in [2.45, 2.75) is 30.7 Å². The van der Waals surface area contributed by atoms with Gasteiger partial charge in [0, 0.05) is 23.8 Å². The predicted octanol–water partition coefficient (Wildman–Crippen LogP) is 0.0585. The second-order valence-electron chi connectivity index (χ2n) is 7.49. The number of hydrogen-bond donors (Lipinski definition) is 6. The number of aromatic hydroxyl groups is 2. The Kier molecular flexibility index (Phi) is 6.15. The summed E-state index contributed by atoms with van der Waals surface area (Å²) in [6, 6.07) is 7.92. The van der Waals surface area contributed by atoms with Crippen LogP contribution in [0.5, 0.6) is 23.0 Å². The Morgan fingerprint density at radius 3 is 2.39 bits per heavy atom. The fraction of sp³-hybridized carbons (Fsp3) is 0.318. The standard InChI is InChI=1S/C22H22O11/c1-30-14-3-2-9(4-11(14)24)15-7-13(26)18-12(25)5-10(6-16(18)32-15)31-22-21(29)20(28)19(27)17(8-23)33-22/h2-7,17,19-25,27-29H,8H2,1H3/t17-,19-,20-,21-,22+/m1/s1. The maximum absolute atomic E-state index is 12.6. The van der Waals surface area contributed by atoms with E-state index in [-0.39, 0.29) is 34.0 Å². The molecule has 1 aromatic heterocycles. The third-order valence-corrected chi connectivity index (χ3v) is 5.35. The minimum absolute atomic E-state index is 0.0626. The lowest BCUT2D eigenvalue weighted by Crippen LogP contribution is -2.60. The van der Waals surface area contributed by atoms with Crippen LogP contribution in [0.1, 0.15) is 0 Å². The highest BCUT2D eigenvalue weighted by Crippen LogP contribution is 2.35. The fourth-order valence-electron chi connectivity index (χ4n) is 3.60. The second kappa shape index (κ2) is 8.89. The van der Waals surface area contributed by atoms with Crippen LogP contribution in [-0.4, -0.2) is 75.1 Å². The first-order valence-electron chi connectivity index (χ1n) is 9.89. The molecule has 0 spiro atoms. The SMILES string of the molecule is COc1ccc(-c2cc(=O)c3c(O)cc(O[C@H]4O[C@H](CO)[C@@H](O)[C@@H](O)[C@H]4O)cc3o2)cc1O. The molecule has 5 atom stereocenters. The zero-order valence-electron chi connectivity index (χ0n) is 17.3. The summed E-state index contributed by atoms with van der Waals surface area (Å²) in [6.45, 7) is -0.638. The van der Waals surface area contributed by atoms with Crippen LogP contribution in [0.2, 0.25) is 0 Å². The van der Waals surface area contributed by atoms with E-state index in [1.807, 2.05) is 0 Å². The quantitative estimate of drug-likeness (QED) is 0.302. The molecule has 0 bridgehead atoms. The van der Waals surface area contributed by atoms with Gasteiger partial charge in [0.2, 0.25) is 6.29 Å². The van der Waals surface area contributed by atoms with Crippen LogP contribution in [-0.2, 0) is 4.74 Å². The first kappa shape index (κ1) is 22.8. The molecule has 3 aromatic rings. The Labute approximate surface area is 186 Å². The summed E-state index contributed by atoms with van der Waals surface area (Å²) >= 11 is 0. The summed E-state index contributed by atoms with van der Waals surface area (Å²) in [5.41, 5.74) is -0.252. The molecular formula is C22H22O11. The van der Waals surface area contributed by atoms with Gasteiger partial charge in [-0.05, 0) is 18.2 Å². The highest BCUT2D eigenvalue weighted by Gasteiger charge is 2.44. The first-order chi connectivity index (χ1) is 15.7. The summed E-state index contributed by atoms with van der Waals surface area (Å²) in [6.07, 6.45) is -7.56. The smallest absolute Gasteiger partial charge is 0.229 e. The minimum Gasteiger partial charge on any atom is -0.507 e. The highest BCUT2D eigenvalue weighted by atomic mass is 16.7. The number of aliphatic hydroxyl groups is 4. The average Bonchev–Trinajstić information content (AvgIpc) is 2.78. The van der Waals surface area contributed by atoms with Gasteiger partial charge in [-0.25, -0.2) is 0 Å². The lowest BCUT2D eigenvalue weighted by molar-refractivity contribution is -0.277. The maximum atomic E-state index is 12.6. The Morgan fingerprint density at radius 2 is 1.73 bits per heavy atom. The van der Waals surface area contributed by atoms with Crippen molar-refractivity contribution in [3.8, 4) is 34.3 Å². The number of aliphatic hydroxyl groups excluding tert-OH is 4. The molecule has 11 heteroatoms. The van der Waals surface area contributed by atoms with Crippen LogP contribution in [0.25, 0.3) is 22.3 Å². The number of rotatable bonds is 5. The van der Waals surface area contributed by atoms with Crippen molar-refractivity contribution in [2.24, 2.45) is 0 Å². The lowest BCUT2D eigenvalue weighted by Gasteiger charge is -2.39. The molecule has 0 aliphatic carbocycles. The van der Waals surface area contributed by atoms with Gasteiger partial charge in [-0.3, -0.25) is 4.79 Å². The van der Waals surface area contributed by atoms with E-state index in [0.29, 0.717) is 5.56 Å². The van der Waals surface area contributed by atoms with E-state index in [1.54, 1.807) is 6.07 Å². The van der Waals surface area contributed by atoms with Gasteiger partial charge >= 0.3 is 0 Å². The zero-order valence-corrected chi connectivity index (χ0v) is 17.3. The third-order valence-electron chi connectivity index (χ3n) is 5.35. The summed E-state index contributed by atoms with van der Waals surface area (Å²) in [5.74, 6) is -0.392. The molecular weight excluding hydrogens is 440 g/mol. The Hall–Kier alpha value is -3.35. The number of methoxy groups -OCH3 is 1. The van der Waals surface area contributed by atoms with Crippen LogP contribution in [0.15, 0.2) is 45.6 Å². The van der Waals surface area contributed by atoms with E-state index in [4.69, 9.17) is 18.6 Å². The van der Waals surface area contributed by atoms with Crippen molar-refractivity contribution in [3.63, 3.8) is 0 Å². The maximum Gasteiger partial charge on any atom is 0.229 e. The number of hydrogen-bond acceptors (Lipinski definition) is 11. The summed E-state index contributed by atoms with van der Waals surface area (Å²) < 4.78 is 21.6. The van der Waals surface area contributed by atoms with Gasteiger partial charge in [-0.15, -0.1) is 0 Å². The van der Waals surface area contributed by atoms with Crippen molar-refractivity contribution in [2.75, 3.05) is 13.7 Å². The number of ether oxygens (including phenoxy) is 3. The van der Waals surface area contributed by atoms with Crippen LogP contribution in [0.4, 0.5) is 0 Å². The topological polar surface area (TPSA) is 179 Å². The van der Waals surface area contributed by atoms with Crippen molar-refractivity contribution in [3.05, 3.63) is 46.6 Å². The normalized spacial score (nSPS) is 25.2. The van der Waals surface area contributed by atoms with Crippen molar-refractivity contribution in [1.29, 1.82) is 0 Å². The van der Waals surface area contributed by atoms with Gasteiger partial charge in [-0.2, -0.15) is 0 Å². The van der Waals surface area contributed by atoms with Crippen LogP contribution >= 0.6 is 0 Å². The molecule has 176 valence electrons. The molecule has 2 heterocycles. The average molecular weight is 462 g/mol. The highest BCUT2D eigenvalue weighted by molar-refractivity contribution is 5.86. The molecule has 11 nitrogen and oxygen atoms in total. The first-order valence-corrected chi connectivity index (χ1v) is 9.89. The number of phenols is 2. The van der Waals surface area contributed by atoms with E-state index < -0.39 is 48.5 Å². The molecule has 1 aliphatic rings. The summed E-state index contributed by atoms with van der Waals surface area (Å²) in [5, 5.41) is 59.5. The molecule has 0 amide bonds. The van der Waals surface area contributed by atoms with Crippen LogP contribution in [0.3, 0.4) is 0 Å². The lowest BCUT2D eigenvalue weighted by atomic mass is 9.99. The predicted molar refractivity (Wildman–Crippen MR) is 112 cm³/mol. The Bertz CT molecular complexity index is 1220. The number of fused-ring (bicyclic) bond motifs is 1. The van der Waals surface area contributed by atoms with E-state index in [1.165, 1.54) is 25.3 Å². The van der Waals surface area contributed by atoms with Gasteiger partial charge in [0.05, 0.1) is 13.7 Å². The molecule has 0 unspecified atom stereocenters. The molecule has 33 heavy (non-hydrogen) atoms. The van der Waals surface area contributed by atoms with Gasteiger partial charge in [-0.1, -0.05) is 0 Å². The molecule has 2 aromatic carbocycles. The molecule has 1 aliphatic heterocycles. The summed E-state index contributed by atoms with van der Waals surface area (Å²) in [7, 11) is 1.39. The molecule has 6 N–H and O–H groups in total. The van der Waals surface area contributed by atoms with Gasteiger partial charge in [0.25, 0.3) is 0 Å². The largest absolute Gasteiger partial charge is 0.507 e. The van der Waals surface area contributed by atoms with Crippen LogP contribution in [0, 0.1) is 0 Å². The molecule has 0 radical (unpaired) electrons. The zero-order chi connectivity index (χ0) is 23.9. The molecule has 1 saturated heterocycles. The van der Waals surface area contributed by atoms with Gasteiger partial charge in [0.1, 0.15) is 52.6 Å². The third kappa shape index (κ3) is 4.19. The van der Waals surface area contributed by atoms with Crippen molar-refractivity contribution in [1.82, 2.24) is 0 Å². The summed E-state index contributed by atoms with van der Waals surface area (Å²) in [4.78, 5) is 12.6. The Morgan fingerprint density at radius 1 is 0.970 bits per heavy atom. The number of phenolic OH excluding ortho intramolecular Hbond substituents is 2. The van der Waals surface area contributed by atoms with Crippen molar-refractivity contribution < 1.29 is 49.3 Å². The molecule has 1 fully saturated rings. The van der Waals surface area contributed by atoms with E-state index in [2.05, 4.69) is 0 Å². The van der Waals surface area contributed by atoms with E-state index >= 15 is 0 Å². The minimum atomic E-state index is -1.67. The van der Waals surface area contributed by atoms with Gasteiger partial charge < -0.3 is 49.3 Å². The van der Waals surface area contributed by atoms with E-state index in [0.717, 1.165) is 12.1 Å². The number of benzene rings is 2.